The number of benzene rings is 2. The minimum Gasteiger partial charge on any atom is -0.366 e. The first kappa shape index (κ1) is 34.3. The third-order valence-electron chi connectivity index (χ3n) is 10.00. The number of amides is 4. The number of aryl methyl sites for hydroxylation is 4. The van der Waals surface area contributed by atoms with E-state index in [4.69, 9.17) is 26.5 Å². The van der Waals surface area contributed by atoms with Crippen LogP contribution in [-0.4, -0.2) is 62.3 Å². The molecule has 0 saturated heterocycles. The van der Waals surface area contributed by atoms with Crippen LogP contribution in [0.3, 0.4) is 0 Å². The summed E-state index contributed by atoms with van der Waals surface area (Å²) >= 11 is 0. The highest BCUT2D eigenvalue weighted by Gasteiger charge is 2.27. The number of carbonyl (C=O) groups excluding carboxylic acids is 4. The molecule has 2 bridgehead atoms. The third kappa shape index (κ3) is 6.10. The van der Waals surface area contributed by atoms with Gasteiger partial charge in [-0.2, -0.15) is 10.2 Å². The molecule has 0 radical (unpaired) electrons. The lowest BCUT2D eigenvalue weighted by molar-refractivity contribution is -0.114. The van der Waals surface area contributed by atoms with E-state index in [0.29, 0.717) is 71.7 Å². The quantitative estimate of drug-likeness (QED) is 0.212. The van der Waals surface area contributed by atoms with E-state index in [1.54, 1.807) is 39.7 Å². The van der Waals surface area contributed by atoms with Crippen LogP contribution in [0.5, 0.6) is 0 Å². The van der Waals surface area contributed by atoms with Gasteiger partial charge in [-0.25, -0.2) is 9.97 Å². The Labute approximate surface area is 308 Å². The number of primary amides is 2. The number of nitrogens with two attached hydrogens (primary N) is 2. The molecule has 8 rings (SSSR count). The first-order chi connectivity index (χ1) is 26.0. The summed E-state index contributed by atoms with van der Waals surface area (Å²) in [4.78, 5) is 62.2. The predicted octanol–water partition coefficient (Wildman–Crippen LogP) is 3.33. The minimum absolute atomic E-state index is 0.249. The Balaban J connectivity index is 1.31. The molecule has 0 atom stereocenters. The van der Waals surface area contributed by atoms with E-state index in [0.717, 1.165) is 28.1 Å². The number of rotatable bonds is 3. The molecular weight excluding hydrogens is 688 g/mol. The van der Waals surface area contributed by atoms with Gasteiger partial charge in [-0.3, -0.25) is 39.2 Å². The summed E-state index contributed by atoms with van der Waals surface area (Å²) in [6.07, 6.45) is 2.96. The summed E-state index contributed by atoms with van der Waals surface area (Å²) in [5.41, 5.74) is 19.2. The highest BCUT2D eigenvalue weighted by Crippen LogP contribution is 2.30. The zero-order valence-corrected chi connectivity index (χ0v) is 30.0. The Morgan fingerprint density at radius 2 is 1.61 bits per heavy atom. The van der Waals surface area contributed by atoms with E-state index in [-0.39, 0.29) is 36.5 Å². The Bertz CT molecular complexity index is 2580. The van der Waals surface area contributed by atoms with Crippen LogP contribution >= 0.6 is 0 Å². The van der Waals surface area contributed by atoms with Gasteiger partial charge < -0.3 is 20.6 Å². The highest BCUT2D eigenvalue weighted by atomic mass is 16.2. The van der Waals surface area contributed by atoms with Crippen LogP contribution in [0, 0.1) is 13.8 Å². The van der Waals surface area contributed by atoms with Crippen LogP contribution in [0.4, 0.5) is 11.9 Å². The van der Waals surface area contributed by atoms with Gasteiger partial charge in [0, 0.05) is 48.4 Å². The van der Waals surface area contributed by atoms with Crippen molar-refractivity contribution >= 4 is 52.6 Å². The van der Waals surface area contributed by atoms with Crippen LogP contribution in [-0.2, 0) is 43.8 Å². The van der Waals surface area contributed by atoms with Gasteiger partial charge in [0.05, 0.1) is 34.7 Å². The van der Waals surface area contributed by atoms with E-state index in [2.05, 4.69) is 15.7 Å². The van der Waals surface area contributed by atoms with Crippen molar-refractivity contribution in [3.63, 3.8) is 0 Å². The average molecular weight is 727 g/mol. The number of nitrogens with zero attached hydrogens (tertiary/aromatic N) is 8. The number of hydrogen-bond donors (Lipinski definition) is 4. The molecule has 2 aliphatic rings. The predicted molar refractivity (Wildman–Crippen MR) is 200 cm³/mol. The lowest BCUT2D eigenvalue weighted by atomic mass is 9.99. The molecule has 0 spiro atoms. The molecule has 5 heterocycles. The van der Waals surface area contributed by atoms with Crippen LogP contribution in [0.15, 0.2) is 54.1 Å². The Morgan fingerprint density at radius 3 is 2.39 bits per heavy atom. The average Bonchev–Trinajstić information content (AvgIpc) is 3.87. The number of anilines is 2. The number of fused-ring (bicyclic) bond motifs is 10. The van der Waals surface area contributed by atoms with E-state index >= 15 is 0 Å². The van der Waals surface area contributed by atoms with E-state index in [1.165, 1.54) is 0 Å². The Morgan fingerprint density at radius 1 is 0.852 bits per heavy atom. The van der Waals surface area contributed by atoms with Crippen LogP contribution < -0.4 is 22.1 Å². The molecule has 1 aliphatic carbocycles. The second-order valence-corrected chi connectivity index (χ2v) is 13.6. The molecule has 274 valence electrons. The molecule has 6 aromatic rings. The van der Waals surface area contributed by atoms with Gasteiger partial charge in [0.2, 0.25) is 23.7 Å². The summed E-state index contributed by atoms with van der Waals surface area (Å²) in [7, 11) is 0. The van der Waals surface area contributed by atoms with Gasteiger partial charge in [-0.05, 0) is 75.1 Å². The van der Waals surface area contributed by atoms with Crippen LogP contribution in [0.2, 0.25) is 0 Å². The van der Waals surface area contributed by atoms with Crippen molar-refractivity contribution in [3.8, 4) is 0 Å². The highest BCUT2D eigenvalue weighted by molar-refractivity contribution is 6.05. The van der Waals surface area contributed by atoms with Crippen molar-refractivity contribution in [2.24, 2.45) is 11.5 Å². The molecule has 0 saturated carbocycles. The second-order valence-electron chi connectivity index (χ2n) is 13.6. The Hall–Kier alpha value is -6.84. The third-order valence-corrected chi connectivity index (χ3v) is 10.00. The zero-order valence-electron chi connectivity index (χ0n) is 30.0. The molecule has 0 unspecified atom stereocenters. The normalized spacial score (nSPS) is 14.6. The van der Waals surface area contributed by atoms with E-state index in [1.807, 2.05) is 54.2 Å². The van der Waals surface area contributed by atoms with Gasteiger partial charge in [-0.1, -0.05) is 24.3 Å². The lowest BCUT2D eigenvalue weighted by Gasteiger charge is -2.17. The maximum absolute atomic E-state index is 14.4. The summed E-state index contributed by atoms with van der Waals surface area (Å²) in [5, 5.41) is 15.4. The molecule has 4 amide bonds. The molecule has 16 nitrogen and oxygen atoms in total. The number of hydrogen-bond acceptors (Lipinski definition) is 8. The molecule has 0 fully saturated rings. The zero-order chi connectivity index (χ0) is 37.8. The lowest BCUT2D eigenvalue weighted by Crippen LogP contribution is -2.23. The van der Waals surface area contributed by atoms with Gasteiger partial charge in [0.15, 0.2) is 0 Å². The fourth-order valence-corrected chi connectivity index (χ4v) is 7.41. The van der Waals surface area contributed by atoms with Gasteiger partial charge >= 0.3 is 0 Å². The van der Waals surface area contributed by atoms with Gasteiger partial charge in [0.1, 0.15) is 11.4 Å². The topological polar surface area (TPSA) is 216 Å². The monoisotopic (exact) mass is 726 g/mol. The largest absolute Gasteiger partial charge is 0.366 e. The number of aromatic nitrogens is 8. The standard InChI is InChI=1S/C38H38N12O4/c1-4-49-32-26(21(3)46-49)16-22-6-5-7-23(15-22)19-50-31(14-20(2)45-50)35(53)43-37-41-27-17-24(33(39)51)8-10-29(27)47(37)12-13-48-30-11-9-25(34(40)52)18-28(30)42-38(48)44-36(32)54/h5-7,9,11,14-15,17-18H,4,8,10,12-13,16,19H2,1-3H3,(H2,39,51)(H2,40,52)(H,41,43,53)(H,42,44,54). The van der Waals surface area contributed by atoms with Crippen molar-refractivity contribution in [1.29, 1.82) is 0 Å². The van der Waals surface area contributed by atoms with Crippen molar-refractivity contribution in [2.45, 2.75) is 66.2 Å². The van der Waals surface area contributed by atoms with Crippen molar-refractivity contribution < 1.29 is 19.2 Å². The maximum atomic E-state index is 14.4. The number of nitrogens with one attached hydrogen (secondary N) is 2. The smallest absolute Gasteiger partial charge is 0.276 e. The van der Waals surface area contributed by atoms with Gasteiger partial charge in [0.25, 0.3) is 11.8 Å². The molecular formula is C38H38N12O4. The van der Waals surface area contributed by atoms with Crippen molar-refractivity contribution in [1.82, 2.24) is 38.7 Å². The SMILES string of the molecule is CCn1nc(C)c2c1C(=O)Nc1nc3cc(C(N)=O)ccc3n1CCn1c(nc3c1CCC(C(N)=O)=C3)NC(=O)c1cc(C)nn1Cc1cccc(c1)C2. The van der Waals surface area contributed by atoms with E-state index in [9.17, 15) is 19.2 Å². The molecule has 2 aromatic carbocycles. The molecule has 1 aliphatic heterocycles. The molecule has 16 heteroatoms. The van der Waals surface area contributed by atoms with Gasteiger partial charge in [-0.15, -0.1) is 0 Å². The molecule has 54 heavy (non-hydrogen) atoms. The van der Waals surface area contributed by atoms with Crippen LogP contribution in [0.1, 0.15) is 84.1 Å². The number of carbonyl (C=O) groups is 4. The molecule has 4 aromatic heterocycles. The fraction of sp³-hybridized carbons (Fsp3) is 0.263. The first-order valence-corrected chi connectivity index (χ1v) is 17.7. The Kier molecular flexibility index (Phi) is 8.43. The second kappa shape index (κ2) is 13.3. The summed E-state index contributed by atoms with van der Waals surface area (Å²) in [5.74, 6) is -1.40. The minimum atomic E-state index is -0.605. The summed E-state index contributed by atoms with van der Waals surface area (Å²) < 4.78 is 7.10. The van der Waals surface area contributed by atoms with Crippen LogP contribution in [0.25, 0.3) is 17.1 Å². The first-order valence-electron chi connectivity index (χ1n) is 17.7. The number of imidazole rings is 2. The summed E-state index contributed by atoms with van der Waals surface area (Å²) in [6, 6.07) is 14.6. The maximum Gasteiger partial charge on any atom is 0.276 e. The van der Waals surface area contributed by atoms with Crippen molar-refractivity contribution in [2.75, 3.05) is 10.6 Å². The van der Waals surface area contributed by atoms with Crippen molar-refractivity contribution in [3.05, 3.63) is 111 Å². The fourth-order valence-electron chi connectivity index (χ4n) is 7.41. The molecule has 6 N–H and O–H groups in total. The van der Waals surface area contributed by atoms with E-state index < -0.39 is 17.7 Å². The summed E-state index contributed by atoms with van der Waals surface area (Å²) in [6.45, 7) is 6.99.